The van der Waals surface area contributed by atoms with Crippen LogP contribution in [0.25, 0.3) is 0 Å². The molecule has 24 heavy (non-hydrogen) atoms. The maximum atomic E-state index is 12.0. The van der Waals surface area contributed by atoms with E-state index >= 15 is 0 Å². The van der Waals surface area contributed by atoms with Crippen molar-refractivity contribution in [3.05, 3.63) is 101 Å². The van der Waals surface area contributed by atoms with Gasteiger partial charge in [0.1, 0.15) is 5.60 Å². The number of para-hydroxylation sites is 1. The van der Waals surface area contributed by atoms with Crippen LogP contribution in [0.5, 0.6) is 0 Å². The third-order valence-corrected chi connectivity index (χ3v) is 5.48. The minimum atomic E-state index is -1.02. The molecule has 0 amide bonds. The topological polar surface area (TPSA) is 23.5 Å². The van der Waals surface area contributed by atoms with E-state index in [0.29, 0.717) is 0 Å². The van der Waals surface area contributed by atoms with Crippen LogP contribution in [-0.4, -0.2) is 11.7 Å². The Bertz CT molecular complexity index is 890. The maximum Gasteiger partial charge on any atom is 0.141 e. The molecular formula is C22H19NO. The Balaban J connectivity index is 1.81. The summed E-state index contributed by atoms with van der Waals surface area (Å²) < 4.78 is 0. The lowest BCUT2D eigenvalue weighted by molar-refractivity contribution is 0.0599. The number of nitrogens with zero attached hydrogens (tertiary/aromatic N) is 1. The molecule has 2 aliphatic rings. The first-order valence-electron chi connectivity index (χ1n) is 8.52. The molecule has 2 atom stereocenters. The first kappa shape index (κ1) is 13.8. The first-order valence-corrected chi connectivity index (χ1v) is 8.52. The van der Waals surface area contributed by atoms with Crippen LogP contribution < -0.4 is 4.90 Å². The highest BCUT2D eigenvalue weighted by Crippen LogP contribution is 2.57. The average Bonchev–Trinajstić information content (AvgIpc) is 3.18. The summed E-state index contributed by atoms with van der Waals surface area (Å²) in [5.41, 5.74) is 4.72. The molecule has 0 bridgehead atoms. The predicted molar refractivity (Wildman–Crippen MR) is 96.1 cm³/mol. The molecule has 118 valence electrons. The summed E-state index contributed by atoms with van der Waals surface area (Å²) in [5, 5.41) is 12.0. The largest absolute Gasteiger partial charge is 0.378 e. The molecule has 2 nitrogen and oxygen atoms in total. The van der Waals surface area contributed by atoms with Gasteiger partial charge in [0.25, 0.3) is 0 Å². The highest BCUT2D eigenvalue weighted by atomic mass is 16.3. The van der Waals surface area contributed by atoms with Gasteiger partial charge in [-0.25, -0.2) is 0 Å². The summed E-state index contributed by atoms with van der Waals surface area (Å²) in [4.78, 5) is 2.40. The van der Waals surface area contributed by atoms with E-state index < -0.39 is 5.60 Å². The second-order valence-corrected chi connectivity index (χ2v) is 6.70. The van der Waals surface area contributed by atoms with Gasteiger partial charge in [-0.15, -0.1) is 0 Å². The Morgan fingerprint density at radius 1 is 0.833 bits per heavy atom. The van der Waals surface area contributed by atoms with E-state index in [4.69, 9.17) is 0 Å². The molecule has 3 aromatic rings. The highest BCUT2D eigenvalue weighted by molar-refractivity contribution is 5.74. The Morgan fingerprint density at radius 3 is 2.29 bits per heavy atom. The molecular weight excluding hydrogens is 294 g/mol. The molecule has 5 rings (SSSR count). The molecule has 0 spiro atoms. The fourth-order valence-corrected chi connectivity index (χ4v) is 4.49. The summed E-state index contributed by atoms with van der Waals surface area (Å²) >= 11 is 0. The Labute approximate surface area is 142 Å². The lowest BCUT2D eigenvalue weighted by Crippen LogP contribution is -2.38. The molecule has 0 aromatic heterocycles. The van der Waals surface area contributed by atoms with Gasteiger partial charge in [0, 0.05) is 17.8 Å². The number of hydrogen-bond donors (Lipinski definition) is 1. The SMILES string of the molecule is OC1(c2ccccc2)c2cccc3c2N(CC3)C1c1ccccc1. The minimum Gasteiger partial charge on any atom is -0.378 e. The van der Waals surface area contributed by atoms with Crippen molar-refractivity contribution in [3.8, 4) is 0 Å². The molecule has 2 aliphatic heterocycles. The number of hydrogen-bond acceptors (Lipinski definition) is 2. The molecule has 1 N–H and O–H groups in total. The number of aliphatic hydroxyl groups is 1. The van der Waals surface area contributed by atoms with Crippen LogP contribution in [-0.2, 0) is 12.0 Å². The van der Waals surface area contributed by atoms with Gasteiger partial charge in [-0.05, 0) is 23.1 Å². The molecule has 3 aromatic carbocycles. The van der Waals surface area contributed by atoms with Gasteiger partial charge < -0.3 is 10.0 Å². The number of anilines is 1. The van der Waals surface area contributed by atoms with Crippen LogP contribution >= 0.6 is 0 Å². The van der Waals surface area contributed by atoms with Crippen molar-refractivity contribution in [3.63, 3.8) is 0 Å². The van der Waals surface area contributed by atoms with Crippen LogP contribution in [0.4, 0.5) is 5.69 Å². The van der Waals surface area contributed by atoms with Crippen LogP contribution in [0.1, 0.15) is 28.3 Å². The van der Waals surface area contributed by atoms with Crippen molar-refractivity contribution in [2.75, 3.05) is 11.4 Å². The van der Waals surface area contributed by atoms with Crippen molar-refractivity contribution in [2.24, 2.45) is 0 Å². The first-order chi connectivity index (χ1) is 11.8. The quantitative estimate of drug-likeness (QED) is 0.772. The molecule has 0 fully saturated rings. The molecule has 2 unspecified atom stereocenters. The monoisotopic (exact) mass is 313 g/mol. The van der Waals surface area contributed by atoms with Gasteiger partial charge in [0.15, 0.2) is 0 Å². The van der Waals surface area contributed by atoms with Crippen LogP contribution in [0.3, 0.4) is 0 Å². The van der Waals surface area contributed by atoms with E-state index in [1.54, 1.807) is 0 Å². The van der Waals surface area contributed by atoms with Crippen molar-refractivity contribution >= 4 is 5.69 Å². The molecule has 2 heteroatoms. The summed E-state index contributed by atoms with van der Waals surface area (Å²) in [7, 11) is 0. The van der Waals surface area contributed by atoms with Gasteiger partial charge in [0.05, 0.1) is 6.04 Å². The number of benzene rings is 3. The summed E-state index contributed by atoms with van der Waals surface area (Å²) in [5.74, 6) is 0. The van der Waals surface area contributed by atoms with Crippen molar-refractivity contribution in [1.29, 1.82) is 0 Å². The Morgan fingerprint density at radius 2 is 1.54 bits per heavy atom. The molecule has 0 radical (unpaired) electrons. The standard InChI is InChI=1S/C22H19NO/c24-22(18-11-5-2-6-12-18)19-13-7-10-16-14-15-23(20(16)19)21(22)17-8-3-1-4-9-17/h1-13,21,24H,14-15H2. The third-order valence-electron chi connectivity index (χ3n) is 5.48. The lowest BCUT2D eigenvalue weighted by atomic mass is 9.79. The zero-order valence-corrected chi connectivity index (χ0v) is 13.4. The second kappa shape index (κ2) is 4.96. The van der Waals surface area contributed by atoms with Gasteiger partial charge in [-0.1, -0.05) is 78.9 Å². The van der Waals surface area contributed by atoms with Gasteiger partial charge in [-0.2, -0.15) is 0 Å². The van der Waals surface area contributed by atoms with E-state index in [9.17, 15) is 5.11 Å². The fourth-order valence-electron chi connectivity index (χ4n) is 4.49. The van der Waals surface area contributed by atoms with Crippen molar-refractivity contribution in [2.45, 2.75) is 18.1 Å². The summed E-state index contributed by atoms with van der Waals surface area (Å²) in [6.45, 7) is 0.959. The maximum absolute atomic E-state index is 12.0. The highest BCUT2D eigenvalue weighted by Gasteiger charge is 2.53. The zero-order valence-electron chi connectivity index (χ0n) is 13.4. The third kappa shape index (κ3) is 1.69. The average molecular weight is 313 g/mol. The van der Waals surface area contributed by atoms with E-state index in [1.165, 1.54) is 11.3 Å². The normalized spacial score (nSPS) is 24.2. The number of rotatable bonds is 2. The summed E-state index contributed by atoms with van der Waals surface area (Å²) in [6.07, 6.45) is 1.05. The molecule has 0 saturated heterocycles. The van der Waals surface area contributed by atoms with E-state index in [0.717, 1.165) is 29.7 Å². The zero-order chi connectivity index (χ0) is 16.1. The molecule has 0 saturated carbocycles. The van der Waals surface area contributed by atoms with Crippen molar-refractivity contribution in [1.82, 2.24) is 0 Å². The minimum absolute atomic E-state index is 0.0836. The van der Waals surface area contributed by atoms with Gasteiger partial charge >= 0.3 is 0 Å². The van der Waals surface area contributed by atoms with Gasteiger partial charge in [0.2, 0.25) is 0 Å². The molecule has 0 aliphatic carbocycles. The fraction of sp³-hybridized carbons (Fsp3) is 0.182. The summed E-state index contributed by atoms with van der Waals surface area (Å²) in [6, 6.07) is 26.8. The van der Waals surface area contributed by atoms with Gasteiger partial charge in [-0.3, -0.25) is 0 Å². The van der Waals surface area contributed by atoms with Crippen LogP contribution in [0.2, 0.25) is 0 Å². The van der Waals surface area contributed by atoms with Crippen molar-refractivity contribution < 1.29 is 5.11 Å². The van der Waals surface area contributed by atoms with E-state index in [2.05, 4.69) is 47.4 Å². The Hall–Kier alpha value is -2.58. The van der Waals surface area contributed by atoms with Crippen LogP contribution in [0, 0.1) is 0 Å². The Kier molecular flexibility index (Phi) is 2.85. The van der Waals surface area contributed by atoms with E-state index in [-0.39, 0.29) is 6.04 Å². The lowest BCUT2D eigenvalue weighted by Gasteiger charge is -2.35. The van der Waals surface area contributed by atoms with Crippen LogP contribution in [0.15, 0.2) is 78.9 Å². The smallest absolute Gasteiger partial charge is 0.141 e. The predicted octanol–water partition coefficient (Wildman–Crippen LogP) is 4.04. The second-order valence-electron chi connectivity index (χ2n) is 6.70. The van der Waals surface area contributed by atoms with E-state index in [1.807, 2.05) is 36.4 Å². The molecule has 2 heterocycles.